The molecule has 0 radical (unpaired) electrons. The summed E-state index contributed by atoms with van der Waals surface area (Å²) in [4.78, 5) is 12.5. The summed E-state index contributed by atoms with van der Waals surface area (Å²) in [5.41, 5.74) is 0.741. The lowest BCUT2D eigenvalue weighted by Crippen LogP contribution is -2.25. The molecule has 1 aromatic carbocycles. The third kappa shape index (κ3) is 4.24. The number of benzene rings is 1. The van der Waals surface area contributed by atoms with Gasteiger partial charge in [-0.15, -0.1) is 0 Å². The molecule has 3 aromatic rings. The lowest BCUT2D eigenvalue weighted by atomic mass is 10.1. The molecule has 0 aliphatic heterocycles. The van der Waals surface area contributed by atoms with Gasteiger partial charge in [-0.2, -0.15) is 9.78 Å². The molecule has 0 saturated heterocycles. The zero-order valence-corrected chi connectivity index (χ0v) is 15.1. The van der Waals surface area contributed by atoms with Crippen molar-refractivity contribution in [2.24, 2.45) is 0 Å². The minimum atomic E-state index is -0.382. The Kier molecular flexibility index (Phi) is 5.46. The van der Waals surface area contributed by atoms with E-state index in [2.05, 4.69) is 10.4 Å². The average molecular weight is 378 g/mol. The van der Waals surface area contributed by atoms with E-state index < -0.39 is 0 Å². The first-order chi connectivity index (χ1) is 12.0. The van der Waals surface area contributed by atoms with Crippen LogP contribution in [0, 0.1) is 0 Å². The molecule has 0 amide bonds. The topological polar surface area (TPSA) is 60.1 Å². The van der Waals surface area contributed by atoms with Crippen LogP contribution in [0.5, 0.6) is 0 Å². The number of hydrogen-bond donors (Lipinski definition) is 1. The van der Waals surface area contributed by atoms with Crippen LogP contribution in [-0.2, 0) is 6.42 Å². The Bertz CT molecular complexity index is 890. The van der Waals surface area contributed by atoms with Gasteiger partial charge in [0.15, 0.2) is 0 Å². The minimum Gasteiger partial charge on any atom is -0.469 e. The number of furan rings is 1. The van der Waals surface area contributed by atoms with Crippen LogP contribution in [0.15, 0.2) is 58.1 Å². The second-order valence-corrected chi connectivity index (χ2v) is 6.54. The molecular formula is C18H17Cl2N3O2. The third-order valence-corrected chi connectivity index (χ3v) is 4.41. The molecule has 25 heavy (non-hydrogen) atoms. The zero-order chi connectivity index (χ0) is 17.8. The van der Waals surface area contributed by atoms with E-state index in [1.165, 1.54) is 4.68 Å². The van der Waals surface area contributed by atoms with E-state index in [4.69, 9.17) is 27.6 Å². The summed E-state index contributed by atoms with van der Waals surface area (Å²) < 4.78 is 6.57. The Morgan fingerprint density at radius 2 is 2.00 bits per heavy atom. The van der Waals surface area contributed by atoms with Crippen molar-refractivity contribution in [3.8, 4) is 5.69 Å². The number of nitrogens with one attached hydrogen (secondary N) is 1. The van der Waals surface area contributed by atoms with Crippen LogP contribution in [0.25, 0.3) is 5.69 Å². The highest BCUT2D eigenvalue weighted by Crippen LogP contribution is 2.19. The van der Waals surface area contributed by atoms with E-state index in [1.54, 1.807) is 36.7 Å². The Morgan fingerprint density at radius 3 is 2.68 bits per heavy atom. The van der Waals surface area contributed by atoms with Crippen LogP contribution >= 0.6 is 23.2 Å². The summed E-state index contributed by atoms with van der Waals surface area (Å²) in [6.07, 6.45) is 4.85. The van der Waals surface area contributed by atoms with E-state index in [-0.39, 0.29) is 16.6 Å². The lowest BCUT2D eigenvalue weighted by Gasteiger charge is -2.16. The van der Waals surface area contributed by atoms with Gasteiger partial charge in [0.2, 0.25) is 0 Å². The van der Waals surface area contributed by atoms with Crippen molar-refractivity contribution < 1.29 is 4.42 Å². The maximum atomic E-state index is 12.5. The first kappa shape index (κ1) is 17.6. The van der Waals surface area contributed by atoms with Crippen molar-refractivity contribution in [2.45, 2.75) is 25.8 Å². The van der Waals surface area contributed by atoms with Gasteiger partial charge in [-0.05, 0) is 49.7 Å². The molecule has 0 aliphatic rings. The molecule has 2 heterocycles. The van der Waals surface area contributed by atoms with Crippen LogP contribution in [0.3, 0.4) is 0 Å². The second kappa shape index (κ2) is 7.76. The zero-order valence-electron chi connectivity index (χ0n) is 13.6. The van der Waals surface area contributed by atoms with Crippen molar-refractivity contribution in [1.29, 1.82) is 0 Å². The van der Waals surface area contributed by atoms with Gasteiger partial charge in [-0.25, -0.2) is 0 Å². The number of rotatable bonds is 6. The van der Waals surface area contributed by atoms with Gasteiger partial charge < -0.3 is 9.73 Å². The van der Waals surface area contributed by atoms with Gasteiger partial charge in [0.05, 0.1) is 23.8 Å². The first-order valence-corrected chi connectivity index (χ1v) is 8.63. The second-order valence-electron chi connectivity index (χ2n) is 5.73. The standard InChI is InChI=1S/C18H17Cl2N3O2/c1-12(4-9-15-3-2-10-25-15)22-16-11-21-23(18(24)17(16)20)14-7-5-13(19)6-8-14/h2-3,5-8,10-12,22H,4,9H2,1H3/t12-/m1/s1. The van der Waals surface area contributed by atoms with Crippen molar-refractivity contribution in [3.05, 3.63) is 75.0 Å². The molecule has 7 heteroatoms. The molecule has 0 spiro atoms. The number of halogens is 2. The molecular weight excluding hydrogens is 361 g/mol. The number of anilines is 1. The van der Waals surface area contributed by atoms with E-state index >= 15 is 0 Å². The highest BCUT2D eigenvalue weighted by molar-refractivity contribution is 6.33. The fourth-order valence-electron chi connectivity index (χ4n) is 2.45. The number of aryl methyl sites for hydroxylation is 1. The molecule has 2 aromatic heterocycles. The molecule has 0 unspecified atom stereocenters. The van der Waals surface area contributed by atoms with Crippen molar-refractivity contribution in [1.82, 2.24) is 9.78 Å². The smallest absolute Gasteiger partial charge is 0.292 e. The lowest BCUT2D eigenvalue weighted by molar-refractivity contribution is 0.495. The molecule has 1 atom stereocenters. The summed E-state index contributed by atoms with van der Waals surface area (Å²) in [7, 11) is 0. The normalized spacial score (nSPS) is 12.1. The molecule has 130 valence electrons. The van der Waals surface area contributed by atoms with E-state index in [0.717, 1.165) is 18.6 Å². The van der Waals surface area contributed by atoms with Gasteiger partial charge in [0, 0.05) is 17.5 Å². The molecule has 0 saturated carbocycles. The van der Waals surface area contributed by atoms with Crippen LogP contribution in [0.2, 0.25) is 10.0 Å². The summed E-state index contributed by atoms with van der Waals surface area (Å²) in [6.45, 7) is 2.02. The summed E-state index contributed by atoms with van der Waals surface area (Å²) >= 11 is 12.1. The Hall–Kier alpha value is -2.24. The summed E-state index contributed by atoms with van der Waals surface area (Å²) in [5, 5.41) is 8.12. The molecule has 1 N–H and O–H groups in total. The molecule has 5 nitrogen and oxygen atoms in total. The van der Waals surface area contributed by atoms with Gasteiger partial charge in [-0.3, -0.25) is 4.79 Å². The molecule has 0 fully saturated rings. The maximum Gasteiger partial charge on any atom is 0.292 e. The van der Waals surface area contributed by atoms with Crippen LogP contribution in [0.1, 0.15) is 19.1 Å². The largest absolute Gasteiger partial charge is 0.469 e. The van der Waals surface area contributed by atoms with E-state index in [0.29, 0.717) is 16.4 Å². The van der Waals surface area contributed by atoms with Gasteiger partial charge in [-0.1, -0.05) is 23.2 Å². The van der Waals surface area contributed by atoms with Crippen LogP contribution < -0.4 is 10.9 Å². The van der Waals surface area contributed by atoms with Crippen molar-refractivity contribution >= 4 is 28.9 Å². The van der Waals surface area contributed by atoms with Gasteiger partial charge >= 0.3 is 0 Å². The maximum absolute atomic E-state index is 12.5. The molecule has 0 aliphatic carbocycles. The predicted molar refractivity (Wildman–Crippen MR) is 100.0 cm³/mol. The van der Waals surface area contributed by atoms with Gasteiger partial charge in [0.1, 0.15) is 10.8 Å². The number of hydrogen-bond acceptors (Lipinski definition) is 4. The highest BCUT2D eigenvalue weighted by atomic mass is 35.5. The highest BCUT2D eigenvalue weighted by Gasteiger charge is 2.13. The van der Waals surface area contributed by atoms with Crippen molar-refractivity contribution in [2.75, 3.05) is 5.32 Å². The van der Waals surface area contributed by atoms with Crippen molar-refractivity contribution in [3.63, 3.8) is 0 Å². The van der Waals surface area contributed by atoms with Gasteiger partial charge in [0.25, 0.3) is 5.56 Å². The van der Waals surface area contributed by atoms with E-state index in [9.17, 15) is 4.79 Å². The number of nitrogens with zero attached hydrogens (tertiary/aromatic N) is 2. The van der Waals surface area contributed by atoms with E-state index in [1.807, 2.05) is 19.1 Å². The quantitative estimate of drug-likeness (QED) is 0.683. The monoisotopic (exact) mass is 377 g/mol. The first-order valence-electron chi connectivity index (χ1n) is 7.87. The number of aromatic nitrogens is 2. The van der Waals surface area contributed by atoms with Crippen LogP contribution in [0.4, 0.5) is 5.69 Å². The average Bonchev–Trinajstić information content (AvgIpc) is 3.12. The van der Waals surface area contributed by atoms with Crippen LogP contribution in [-0.4, -0.2) is 15.8 Å². The Balaban J connectivity index is 1.73. The summed E-state index contributed by atoms with van der Waals surface area (Å²) in [5.74, 6) is 0.927. The minimum absolute atomic E-state index is 0.106. The Labute approximate surface area is 155 Å². The summed E-state index contributed by atoms with van der Waals surface area (Å²) in [6, 6.07) is 10.7. The third-order valence-electron chi connectivity index (χ3n) is 3.80. The SMILES string of the molecule is C[C@H](CCc1ccco1)Nc1cnn(-c2ccc(Cl)cc2)c(=O)c1Cl. The molecule has 3 rings (SSSR count). The molecule has 0 bridgehead atoms. The Morgan fingerprint density at radius 1 is 1.24 bits per heavy atom. The fourth-order valence-corrected chi connectivity index (χ4v) is 2.76. The predicted octanol–water partition coefficient (Wildman–Crippen LogP) is 4.57. The fraction of sp³-hybridized carbons (Fsp3) is 0.222.